The first-order valence-corrected chi connectivity index (χ1v) is 7.96. The molecule has 0 amide bonds. The summed E-state index contributed by atoms with van der Waals surface area (Å²) in [5.74, 6) is 0. The van der Waals surface area contributed by atoms with Crippen LogP contribution in [-0.4, -0.2) is 22.4 Å². The highest BCUT2D eigenvalue weighted by Crippen LogP contribution is 2.54. The Balaban J connectivity index is 1.86. The number of aliphatic hydroxyl groups excluding tert-OH is 2. The molecule has 1 fully saturated rings. The molecule has 0 spiro atoms. The van der Waals surface area contributed by atoms with Gasteiger partial charge in [0.15, 0.2) is 0 Å². The number of ether oxygens (including phenoxy) is 1. The summed E-state index contributed by atoms with van der Waals surface area (Å²) in [6.07, 6.45) is -2.07. The zero-order valence-corrected chi connectivity index (χ0v) is 12.2. The summed E-state index contributed by atoms with van der Waals surface area (Å²) in [6, 6.07) is 16.9. The van der Waals surface area contributed by atoms with Gasteiger partial charge in [-0.3, -0.25) is 0 Å². The molecule has 4 aromatic carbocycles. The first-order valence-electron chi connectivity index (χ1n) is 7.96. The van der Waals surface area contributed by atoms with Crippen LogP contribution in [0.2, 0.25) is 0 Å². The molecule has 3 heteroatoms. The number of aliphatic hydroxyl groups is 2. The lowest BCUT2D eigenvalue weighted by Crippen LogP contribution is -2.29. The first kappa shape index (κ1) is 12.3. The second-order valence-electron chi connectivity index (χ2n) is 6.69. The van der Waals surface area contributed by atoms with E-state index in [9.17, 15) is 10.2 Å². The van der Waals surface area contributed by atoms with Gasteiger partial charge < -0.3 is 14.9 Å². The Morgan fingerprint density at radius 2 is 1.57 bits per heavy atom. The molecule has 6 rings (SSSR count). The fourth-order valence-corrected chi connectivity index (χ4v) is 4.40. The summed E-state index contributed by atoms with van der Waals surface area (Å²) in [6.45, 7) is 0. The number of hydrogen-bond donors (Lipinski definition) is 2. The third kappa shape index (κ3) is 1.36. The summed E-state index contributed by atoms with van der Waals surface area (Å²) in [4.78, 5) is 0. The van der Waals surface area contributed by atoms with Crippen molar-refractivity contribution in [3.05, 3.63) is 59.7 Å². The smallest absolute Gasteiger partial charge is 0.118 e. The van der Waals surface area contributed by atoms with Crippen molar-refractivity contribution >= 4 is 32.3 Å². The second-order valence-corrected chi connectivity index (χ2v) is 6.69. The zero-order chi connectivity index (χ0) is 15.3. The molecule has 1 heterocycles. The molecule has 0 radical (unpaired) electrons. The minimum absolute atomic E-state index is 0.0898. The van der Waals surface area contributed by atoms with Crippen LogP contribution in [0.1, 0.15) is 23.3 Å². The summed E-state index contributed by atoms with van der Waals surface area (Å²) in [7, 11) is 0. The van der Waals surface area contributed by atoms with Gasteiger partial charge >= 0.3 is 0 Å². The highest BCUT2D eigenvalue weighted by Gasteiger charge is 2.54. The van der Waals surface area contributed by atoms with E-state index in [1.165, 1.54) is 21.5 Å². The molecule has 0 unspecified atom stereocenters. The molecule has 0 saturated carbocycles. The van der Waals surface area contributed by atoms with E-state index >= 15 is 0 Å². The van der Waals surface area contributed by atoms with Crippen LogP contribution in [0.5, 0.6) is 0 Å². The van der Waals surface area contributed by atoms with Crippen LogP contribution in [0, 0.1) is 0 Å². The van der Waals surface area contributed by atoms with E-state index in [2.05, 4.69) is 42.5 Å². The Hall–Kier alpha value is -2.20. The molecule has 3 nitrogen and oxygen atoms in total. The molecule has 23 heavy (non-hydrogen) atoms. The molecule has 4 aromatic rings. The second kappa shape index (κ2) is 3.82. The fourth-order valence-electron chi connectivity index (χ4n) is 4.40. The topological polar surface area (TPSA) is 53.0 Å². The predicted octanol–water partition coefficient (Wildman–Crippen LogP) is 3.43. The van der Waals surface area contributed by atoms with Crippen molar-refractivity contribution in [1.82, 2.24) is 0 Å². The molecular formula is C20H14O3. The molecular weight excluding hydrogens is 288 g/mol. The Morgan fingerprint density at radius 3 is 2.39 bits per heavy atom. The van der Waals surface area contributed by atoms with Crippen LogP contribution < -0.4 is 0 Å². The molecule has 0 bridgehead atoms. The van der Waals surface area contributed by atoms with Crippen molar-refractivity contribution in [1.29, 1.82) is 0 Å². The summed E-state index contributed by atoms with van der Waals surface area (Å²) in [5.41, 5.74) is 1.86. The number of hydrogen-bond acceptors (Lipinski definition) is 3. The molecule has 1 saturated heterocycles. The quantitative estimate of drug-likeness (QED) is 0.386. The molecule has 0 aromatic heterocycles. The first-order chi connectivity index (χ1) is 11.2. The number of rotatable bonds is 0. The molecule has 1 aliphatic heterocycles. The van der Waals surface area contributed by atoms with Crippen LogP contribution in [-0.2, 0) is 4.74 Å². The Morgan fingerprint density at radius 1 is 0.826 bits per heavy atom. The summed E-state index contributed by atoms with van der Waals surface area (Å²) < 4.78 is 5.67. The van der Waals surface area contributed by atoms with Crippen LogP contribution in [0.3, 0.4) is 0 Å². The van der Waals surface area contributed by atoms with Crippen molar-refractivity contribution in [3.63, 3.8) is 0 Å². The van der Waals surface area contributed by atoms with Gasteiger partial charge in [0.1, 0.15) is 24.4 Å². The van der Waals surface area contributed by atoms with Gasteiger partial charge in [0.25, 0.3) is 0 Å². The van der Waals surface area contributed by atoms with Gasteiger partial charge in [-0.2, -0.15) is 0 Å². The highest BCUT2D eigenvalue weighted by atomic mass is 16.6. The van der Waals surface area contributed by atoms with Crippen LogP contribution in [0.15, 0.2) is 48.5 Å². The minimum atomic E-state index is -0.879. The lowest BCUT2D eigenvalue weighted by atomic mass is 9.81. The van der Waals surface area contributed by atoms with Gasteiger partial charge in [0.2, 0.25) is 0 Å². The van der Waals surface area contributed by atoms with Crippen molar-refractivity contribution in [2.24, 2.45) is 0 Å². The molecule has 4 atom stereocenters. The summed E-state index contributed by atoms with van der Waals surface area (Å²) in [5, 5.41) is 27.8. The maximum absolute atomic E-state index is 10.5. The molecule has 1 aliphatic carbocycles. The van der Waals surface area contributed by atoms with E-state index in [1.807, 2.05) is 6.07 Å². The van der Waals surface area contributed by atoms with E-state index in [-0.39, 0.29) is 12.2 Å². The number of benzene rings is 4. The third-order valence-corrected chi connectivity index (χ3v) is 5.51. The lowest BCUT2D eigenvalue weighted by Gasteiger charge is -2.25. The highest BCUT2D eigenvalue weighted by molar-refractivity contribution is 6.23. The lowest BCUT2D eigenvalue weighted by molar-refractivity contribution is 0.000163. The minimum Gasteiger partial charge on any atom is -0.387 e. The standard InChI is InChI=1S/C20H14O3/c21-17-13-8-11-5-4-9-2-1-3-10-6-7-12(15(11)14(9)10)16(13)19-20(23-19)18(17)22/h1-8,17-22H/t17-,18+,19-,20+/m0/s1. The van der Waals surface area contributed by atoms with Crippen molar-refractivity contribution in [3.8, 4) is 0 Å². The van der Waals surface area contributed by atoms with Gasteiger partial charge in [0.05, 0.1) is 0 Å². The van der Waals surface area contributed by atoms with E-state index in [0.29, 0.717) is 0 Å². The van der Waals surface area contributed by atoms with Gasteiger partial charge in [-0.1, -0.05) is 42.5 Å². The van der Waals surface area contributed by atoms with E-state index < -0.39 is 12.2 Å². The van der Waals surface area contributed by atoms with Crippen molar-refractivity contribution < 1.29 is 14.9 Å². The normalized spacial score (nSPS) is 29.1. The monoisotopic (exact) mass is 302 g/mol. The SMILES string of the molecule is O[C@H]1[C@H]2O[C@H]2c2c(cc3ccc4cccc5ccc2c3c45)[C@@H]1O. The van der Waals surface area contributed by atoms with Crippen molar-refractivity contribution in [2.75, 3.05) is 0 Å². The van der Waals surface area contributed by atoms with E-state index in [0.717, 1.165) is 21.9 Å². The van der Waals surface area contributed by atoms with Gasteiger partial charge in [-0.15, -0.1) is 0 Å². The third-order valence-electron chi connectivity index (χ3n) is 5.51. The van der Waals surface area contributed by atoms with Crippen LogP contribution in [0.25, 0.3) is 32.3 Å². The number of epoxide rings is 1. The fraction of sp³-hybridized carbons (Fsp3) is 0.200. The number of fused-ring (bicyclic) bond motifs is 4. The zero-order valence-electron chi connectivity index (χ0n) is 12.2. The summed E-state index contributed by atoms with van der Waals surface area (Å²) >= 11 is 0. The molecule has 112 valence electrons. The maximum atomic E-state index is 10.5. The van der Waals surface area contributed by atoms with Gasteiger partial charge in [-0.25, -0.2) is 0 Å². The average molecular weight is 302 g/mol. The van der Waals surface area contributed by atoms with Crippen LogP contribution in [0.4, 0.5) is 0 Å². The largest absolute Gasteiger partial charge is 0.387 e. The molecule has 2 aliphatic rings. The van der Waals surface area contributed by atoms with Gasteiger partial charge in [0, 0.05) is 0 Å². The Labute approximate surface area is 132 Å². The Bertz CT molecular complexity index is 1080. The maximum Gasteiger partial charge on any atom is 0.118 e. The predicted molar refractivity (Wildman–Crippen MR) is 88.7 cm³/mol. The molecule has 2 N–H and O–H groups in total. The Kier molecular flexibility index (Phi) is 2.03. The van der Waals surface area contributed by atoms with Crippen molar-refractivity contribution in [2.45, 2.75) is 24.4 Å². The van der Waals surface area contributed by atoms with E-state index in [4.69, 9.17) is 4.74 Å². The average Bonchev–Trinajstić information content (AvgIpc) is 3.37. The van der Waals surface area contributed by atoms with Crippen LogP contribution >= 0.6 is 0 Å². The van der Waals surface area contributed by atoms with E-state index in [1.54, 1.807) is 0 Å². The van der Waals surface area contributed by atoms with Gasteiger partial charge in [-0.05, 0) is 49.5 Å².